The molecule has 1 atom stereocenters. The van der Waals surface area contributed by atoms with E-state index in [9.17, 15) is 9.59 Å². The lowest BCUT2D eigenvalue weighted by Crippen LogP contribution is -2.42. The topological polar surface area (TPSA) is 81.4 Å². The first-order valence-electron chi connectivity index (χ1n) is 9.08. The number of hydrogen-bond acceptors (Lipinski definition) is 3. The van der Waals surface area contributed by atoms with Gasteiger partial charge in [-0.1, -0.05) is 32.9 Å². The van der Waals surface area contributed by atoms with Gasteiger partial charge in [0.05, 0.1) is 6.61 Å². The van der Waals surface area contributed by atoms with Crippen LogP contribution in [0.4, 0.5) is 0 Å². The van der Waals surface area contributed by atoms with E-state index < -0.39 is 11.9 Å². The molecule has 5 nitrogen and oxygen atoms in total. The summed E-state index contributed by atoms with van der Waals surface area (Å²) in [7, 11) is 0. The Labute approximate surface area is 151 Å². The summed E-state index contributed by atoms with van der Waals surface area (Å²) in [5.41, 5.74) is 6.61. The minimum absolute atomic E-state index is 0.138. The first kappa shape index (κ1) is 21.0. The van der Waals surface area contributed by atoms with Gasteiger partial charge in [0.25, 0.3) is 0 Å². The molecule has 3 N–H and O–H groups in total. The van der Waals surface area contributed by atoms with Gasteiger partial charge in [-0.2, -0.15) is 0 Å². The molecule has 0 spiro atoms. The van der Waals surface area contributed by atoms with E-state index in [1.54, 1.807) is 6.92 Å². The zero-order valence-corrected chi connectivity index (χ0v) is 15.9. The summed E-state index contributed by atoms with van der Waals surface area (Å²) in [5.74, 6) is 0.222. The number of nitrogens with one attached hydrogen (secondary N) is 1. The van der Waals surface area contributed by atoms with Gasteiger partial charge in [-0.15, -0.1) is 0 Å². The van der Waals surface area contributed by atoms with Gasteiger partial charge in [-0.25, -0.2) is 0 Å². The number of benzene rings is 1. The van der Waals surface area contributed by atoms with Crippen LogP contribution in [0.5, 0.6) is 5.75 Å². The van der Waals surface area contributed by atoms with E-state index in [0.29, 0.717) is 13.0 Å². The standard InChI is InChI=1S/C20H32N2O3/c1-5-20(3,4)16-10-12-17(13-11-16)25-14-8-6-7-9-18(23)22-15(2)19(21)24/h10-13,15H,5-9,14H2,1-4H3,(H2,21,24)(H,22,23). The number of carbonyl (C=O) groups is 2. The highest BCUT2D eigenvalue weighted by Gasteiger charge is 2.17. The van der Waals surface area contributed by atoms with Gasteiger partial charge in [0.1, 0.15) is 11.8 Å². The van der Waals surface area contributed by atoms with Crippen LogP contribution in [0.1, 0.15) is 65.4 Å². The predicted octanol–water partition coefficient (Wildman–Crippen LogP) is 3.30. The number of amides is 2. The van der Waals surface area contributed by atoms with Crippen molar-refractivity contribution in [2.45, 2.75) is 71.3 Å². The van der Waals surface area contributed by atoms with Crippen molar-refractivity contribution in [2.24, 2.45) is 5.73 Å². The average Bonchev–Trinajstić information content (AvgIpc) is 2.58. The maximum atomic E-state index is 11.6. The zero-order valence-electron chi connectivity index (χ0n) is 15.9. The molecular formula is C20H32N2O3. The number of carbonyl (C=O) groups excluding carboxylic acids is 2. The van der Waals surface area contributed by atoms with E-state index in [4.69, 9.17) is 10.5 Å². The quantitative estimate of drug-likeness (QED) is 0.602. The second kappa shape index (κ2) is 10.1. The highest BCUT2D eigenvalue weighted by molar-refractivity contribution is 5.86. The minimum atomic E-state index is -0.614. The monoisotopic (exact) mass is 348 g/mol. The van der Waals surface area contributed by atoms with Crippen LogP contribution >= 0.6 is 0 Å². The Morgan fingerprint density at radius 3 is 2.36 bits per heavy atom. The number of hydrogen-bond donors (Lipinski definition) is 2. The predicted molar refractivity (Wildman–Crippen MR) is 101 cm³/mol. The summed E-state index contributed by atoms with van der Waals surface area (Å²) in [6.07, 6.45) is 4.06. The van der Waals surface area contributed by atoms with E-state index >= 15 is 0 Å². The smallest absolute Gasteiger partial charge is 0.239 e. The number of primary amides is 1. The molecule has 0 heterocycles. The lowest BCUT2D eigenvalue weighted by molar-refractivity contribution is -0.127. The Hall–Kier alpha value is -2.04. The van der Waals surface area contributed by atoms with Crippen molar-refractivity contribution in [2.75, 3.05) is 6.61 Å². The maximum Gasteiger partial charge on any atom is 0.239 e. The van der Waals surface area contributed by atoms with Crippen molar-refractivity contribution in [1.82, 2.24) is 5.32 Å². The van der Waals surface area contributed by atoms with Gasteiger partial charge in [0, 0.05) is 6.42 Å². The summed E-state index contributed by atoms with van der Waals surface area (Å²) in [6, 6.07) is 7.68. The van der Waals surface area contributed by atoms with Crippen molar-refractivity contribution in [3.05, 3.63) is 29.8 Å². The molecule has 1 aromatic carbocycles. The summed E-state index contributed by atoms with van der Waals surface area (Å²) in [4.78, 5) is 22.5. The SMILES string of the molecule is CCC(C)(C)c1ccc(OCCCCCC(=O)NC(C)C(N)=O)cc1. The highest BCUT2D eigenvalue weighted by Crippen LogP contribution is 2.28. The highest BCUT2D eigenvalue weighted by atomic mass is 16.5. The summed E-state index contributed by atoms with van der Waals surface area (Å²) >= 11 is 0. The number of nitrogens with two attached hydrogens (primary N) is 1. The van der Waals surface area contributed by atoms with Gasteiger partial charge in [-0.3, -0.25) is 9.59 Å². The van der Waals surface area contributed by atoms with Gasteiger partial charge in [-0.05, 0) is 55.7 Å². The van der Waals surface area contributed by atoms with Gasteiger partial charge < -0.3 is 15.8 Å². The summed E-state index contributed by atoms with van der Waals surface area (Å²) < 4.78 is 5.75. The van der Waals surface area contributed by atoms with Crippen LogP contribution in [0, 0.1) is 0 Å². The van der Waals surface area contributed by atoms with Crippen molar-refractivity contribution >= 4 is 11.8 Å². The minimum Gasteiger partial charge on any atom is -0.494 e. The van der Waals surface area contributed by atoms with Gasteiger partial charge in [0.2, 0.25) is 11.8 Å². The Morgan fingerprint density at radius 1 is 1.16 bits per heavy atom. The third kappa shape index (κ3) is 7.59. The van der Waals surface area contributed by atoms with Crippen LogP contribution in [0.3, 0.4) is 0 Å². The molecule has 0 saturated carbocycles. The van der Waals surface area contributed by atoms with Crippen molar-refractivity contribution < 1.29 is 14.3 Å². The van der Waals surface area contributed by atoms with E-state index in [-0.39, 0.29) is 11.3 Å². The fraction of sp³-hybridized carbons (Fsp3) is 0.600. The van der Waals surface area contributed by atoms with E-state index in [1.807, 2.05) is 12.1 Å². The largest absolute Gasteiger partial charge is 0.494 e. The van der Waals surface area contributed by atoms with Crippen LogP contribution in [-0.2, 0) is 15.0 Å². The molecule has 2 amide bonds. The molecule has 5 heteroatoms. The Bertz CT molecular complexity index is 553. The van der Waals surface area contributed by atoms with Crippen molar-refractivity contribution in [3.63, 3.8) is 0 Å². The molecule has 0 saturated heterocycles. The van der Waals surface area contributed by atoms with Crippen LogP contribution < -0.4 is 15.8 Å². The fourth-order valence-electron chi connectivity index (χ4n) is 2.35. The van der Waals surface area contributed by atoms with E-state index in [2.05, 4.69) is 38.2 Å². The number of unbranched alkanes of at least 4 members (excludes halogenated alkanes) is 2. The molecule has 140 valence electrons. The molecule has 25 heavy (non-hydrogen) atoms. The Balaban J connectivity index is 2.20. The first-order chi connectivity index (χ1) is 11.8. The molecule has 0 aliphatic heterocycles. The molecule has 0 aliphatic rings. The molecule has 0 fully saturated rings. The van der Waals surface area contributed by atoms with Crippen LogP contribution in [0.25, 0.3) is 0 Å². The molecule has 0 aliphatic carbocycles. The number of ether oxygens (including phenoxy) is 1. The molecule has 1 rings (SSSR count). The summed E-state index contributed by atoms with van der Waals surface area (Å²) in [5, 5.41) is 2.57. The number of rotatable bonds is 11. The van der Waals surface area contributed by atoms with E-state index in [1.165, 1.54) is 5.56 Å². The molecule has 1 aromatic rings. The zero-order chi connectivity index (χ0) is 18.9. The molecule has 0 radical (unpaired) electrons. The third-order valence-corrected chi connectivity index (χ3v) is 4.64. The molecule has 0 aromatic heterocycles. The molecular weight excluding hydrogens is 316 g/mol. The van der Waals surface area contributed by atoms with Crippen molar-refractivity contribution in [1.29, 1.82) is 0 Å². The lowest BCUT2D eigenvalue weighted by Gasteiger charge is -2.23. The fourth-order valence-corrected chi connectivity index (χ4v) is 2.35. The second-order valence-electron chi connectivity index (χ2n) is 7.11. The van der Waals surface area contributed by atoms with Crippen LogP contribution in [0.2, 0.25) is 0 Å². The third-order valence-electron chi connectivity index (χ3n) is 4.64. The van der Waals surface area contributed by atoms with E-state index in [0.717, 1.165) is 31.4 Å². The van der Waals surface area contributed by atoms with Crippen molar-refractivity contribution in [3.8, 4) is 5.75 Å². The maximum absolute atomic E-state index is 11.6. The van der Waals surface area contributed by atoms with Crippen LogP contribution in [-0.4, -0.2) is 24.5 Å². The molecule has 1 unspecified atom stereocenters. The Morgan fingerprint density at radius 2 is 1.80 bits per heavy atom. The first-order valence-corrected chi connectivity index (χ1v) is 9.08. The second-order valence-corrected chi connectivity index (χ2v) is 7.11. The van der Waals surface area contributed by atoms with Crippen LogP contribution in [0.15, 0.2) is 24.3 Å². The molecule has 0 bridgehead atoms. The normalized spacial score (nSPS) is 12.5. The summed E-state index contributed by atoms with van der Waals surface area (Å²) in [6.45, 7) is 8.89. The lowest BCUT2D eigenvalue weighted by atomic mass is 9.82. The average molecular weight is 348 g/mol. The van der Waals surface area contributed by atoms with Gasteiger partial charge >= 0.3 is 0 Å². The van der Waals surface area contributed by atoms with Gasteiger partial charge in [0.15, 0.2) is 0 Å². The Kier molecular flexibility index (Phi) is 8.46.